The molecular formula is C16H25N3O3. The van der Waals surface area contributed by atoms with Crippen LogP contribution in [0.5, 0.6) is 5.75 Å². The molecule has 1 fully saturated rings. The van der Waals surface area contributed by atoms with Crippen molar-refractivity contribution in [3.8, 4) is 5.75 Å². The highest BCUT2D eigenvalue weighted by atomic mass is 16.5. The Morgan fingerprint density at radius 3 is 3.09 bits per heavy atom. The Bertz CT molecular complexity index is 460. The molecular weight excluding hydrogens is 282 g/mol. The molecule has 0 unspecified atom stereocenters. The molecule has 1 aliphatic rings. The zero-order valence-corrected chi connectivity index (χ0v) is 13.1. The summed E-state index contributed by atoms with van der Waals surface area (Å²) in [4.78, 5) is 14.1. The molecule has 1 aromatic carbocycles. The minimum atomic E-state index is -0.145. The van der Waals surface area contributed by atoms with E-state index in [2.05, 4.69) is 15.5 Å². The number of rotatable bonds is 6. The number of ether oxygens (including phenoxy) is 2. The first-order valence-corrected chi connectivity index (χ1v) is 7.72. The van der Waals surface area contributed by atoms with Crippen LogP contribution in [0, 0.1) is 0 Å². The Balaban J connectivity index is 1.63. The lowest BCUT2D eigenvalue weighted by Crippen LogP contribution is -2.40. The van der Waals surface area contributed by atoms with E-state index < -0.39 is 0 Å². The minimum absolute atomic E-state index is 0.145. The van der Waals surface area contributed by atoms with E-state index in [-0.39, 0.29) is 6.03 Å². The van der Waals surface area contributed by atoms with Gasteiger partial charge in [-0.2, -0.15) is 0 Å². The van der Waals surface area contributed by atoms with Gasteiger partial charge in [-0.1, -0.05) is 12.1 Å². The Labute approximate surface area is 131 Å². The largest absolute Gasteiger partial charge is 0.497 e. The highest BCUT2D eigenvalue weighted by molar-refractivity contribution is 5.73. The summed E-state index contributed by atoms with van der Waals surface area (Å²) >= 11 is 0. The molecule has 2 N–H and O–H groups in total. The maximum Gasteiger partial charge on any atom is 0.315 e. The summed E-state index contributed by atoms with van der Waals surface area (Å²) in [5, 5.41) is 5.74. The molecule has 0 atom stereocenters. The standard InChI is InChI=1S/C16H25N3O3/c1-21-15-5-2-4-14(12-15)13-18-16(20)17-6-8-19-7-3-10-22-11-9-19/h2,4-5,12H,3,6-11,13H2,1H3,(H2,17,18,20). The summed E-state index contributed by atoms with van der Waals surface area (Å²) in [6.07, 6.45) is 1.06. The molecule has 1 heterocycles. The Kier molecular flexibility index (Phi) is 6.99. The topological polar surface area (TPSA) is 62.8 Å². The first kappa shape index (κ1) is 16.6. The van der Waals surface area contributed by atoms with Crippen LogP contribution in [0.15, 0.2) is 24.3 Å². The lowest BCUT2D eigenvalue weighted by atomic mass is 10.2. The summed E-state index contributed by atoms with van der Waals surface area (Å²) in [6, 6.07) is 7.52. The number of carbonyl (C=O) groups excluding carboxylic acids is 1. The average molecular weight is 307 g/mol. The number of nitrogens with zero attached hydrogens (tertiary/aromatic N) is 1. The van der Waals surface area contributed by atoms with E-state index in [4.69, 9.17) is 9.47 Å². The summed E-state index contributed by atoms with van der Waals surface area (Å²) < 4.78 is 10.6. The maximum absolute atomic E-state index is 11.8. The van der Waals surface area contributed by atoms with Crippen molar-refractivity contribution in [2.75, 3.05) is 46.5 Å². The van der Waals surface area contributed by atoms with E-state index in [1.807, 2.05) is 24.3 Å². The van der Waals surface area contributed by atoms with Crippen molar-refractivity contribution in [1.29, 1.82) is 0 Å². The third-order valence-corrected chi connectivity index (χ3v) is 3.62. The van der Waals surface area contributed by atoms with E-state index in [1.54, 1.807) is 7.11 Å². The first-order chi connectivity index (χ1) is 10.8. The van der Waals surface area contributed by atoms with Crippen LogP contribution in [-0.2, 0) is 11.3 Å². The number of nitrogens with one attached hydrogen (secondary N) is 2. The summed E-state index contributed by atoms with van der Waals surface area (Å²) in [7, 11) is 1.63. The summed E-state index contributed by atoms with van der Waals surface area (Å²) in [6.45, 7) is 5.58. The molecule has 1 aromatic rings. The number of carbonyl (C=O) groups is 1. The second-order valence-corrected chi connectivity index (χ2v) is 5.27. The van der Waals surface area contributed by atoms with Crippen molar-refractivity contribution >= 4 is 6.03 Å². The van der Waals surface area contributed by atoms with Gasteiger partial charge in [0, 0.05) is 39.3 Å². The van der Waals surface area contributed by atoms with Crippen LogP contribution in [0.3, 0.4) is 0 Å². The second-order valence-electron chi connectivity index (χ2n) is 5.27. The minimum Gasteiger partial charge on any atom is -0.497 e. The predicted molar refractivity (Wildman–Crippen MR) is 85.1 cm³/mol. The normalized spacial score (nSPS) is 15.9. The van der Waals surface area contributed by atoms with Crippen LogP contribution in [0.1, 0.15) is 12.0 Å². The van der Waals surface area contributed by atoms with Gasteiger partial charge in [-0.25, -0.2) is 4.79 Å². The quantitative estimate of drug-likeness (QED) is 0.829. The predicted octanol–water partition coefficient (Wildman–Crippen LogP) is 1.22. The van der Waals surface area contributed by atoms with Crippen molar-refractivity contribution in [2.24, 2.45) is 0 Å². The van der Waals surface area contributed by atoms with E-state index in [1.165, 1.54) is 0 Å². The van der Waals surface area contributed by atoms with Gasteiger partial charge in [0.2, 0.25) is 0 Å². The monoisotopic (exact) mass is 307 g/mol. The smallest absolute Gasteiger partial charge is 0.315 e. The van der Waals surface area contributed by atoms with Crippen molar-refractivity contribution in [2.45, 2.75) is 13.0 Å². The first-order valence-electron chi connectivity index (χ1n) is 7.72. The summed E-state index contributed by atoms with van der Waals surface area (Å²) in [5.74, 6) is 0.795. The average Bonchev–Trinajstić information content (AvgIpc) is 2.82. The Morgan fingerprint density at radius 1 is 1.32 bits per heavy atom. The number of methoxy groups -OCH3 is 1. The molecule has 0 aromatic heterocycles. The van der Waals surface area contributed by atoms with Gasteiger partial charge < -0.3 is 20.1 Å². The number of hydrogen-bond acceptors (Lipinski definition) is 4. The van der Waals surface area contributed by atoms with Gasteiger partial charge in [-0.3, -0.25) is 4.90 Å². The maximum atomic E-state index is 11.8. The molecule has 6 heteroatoms. The lowest BCUT2D eigenvalue weighted by molar-refractivity contribution is 0.141. The molecule has 122 valence electrons. The molecule has 0 spiro atoms. The van der Waals surface area contributed by atoms with Crippen molar-refractivity contribution in [3.63, 3.8) is 0 Å². The van der Waals surface area contributed by atoms with Gasteiger partial charge in [0.15, 0.2) is 0 Å². The molecule has 1 saturated heterocycles. The fraction of sp³-hybridized carbons (Fsp3) is 0.562. The van der Waals surface area contributed by atoms with Gasteiger partial charge in [0.1, 0.15) is 5.75 Å². The van der Waals surface area contributed by atoms with Gasteiger partial charge in [0.05, 0.1) is 13.7 Å². The van der Waals surface area contributed by atoms with Gasteiger partial charge in [0.25, 0.3) is 0 Å². The third kappa shape index (κ3) is 5.91. The fourth-order valence-corrected chi connectivity index (χ4v) is 2.38. The molecule has 0 saturated carbocycles. The number of benzene rings is 1. The highest BCUT2D eigenvalue weighted by Gasteiger charge is 2.09. The molecule has 0 bridgehead atoms. The van der Waals surface area contributed by atoms with Crippen LogP contribution in [-0.4, -0.2) is 57.4 Å². The molecule has 22 heavy (non-hydrogen) atoms. The van der Waals surface area contributed by atoms with Crippen molar-refractivity contribution < 1.29 is 14.3 Å². The molecule has 1 aliphatic heterocycles. The van der Waals surface area contributed by atoms with E-state index in [9.17, 15) is 4.79 Å². The Morgan fingerprint density at radius 2 is 2.23 bits per heavy atom. The third-order valence-electron chi connectivity index (χ3n) is 3.62. The van der Waals surface area contributed by atoms with E-state index >= 15 is 0 Å². The molecule has 0 aliphatic carbocycles. The molecule has 6 nitrogen and oxygen atoms in total. The van der Waals surface area contributed by atoms with Crippen LogP contribution in [0.4, 0.5) is 4.79 Å². The zero-order chi connectivity index (χ0) is 15.6. The fourth-order valence-electron chi connectivity index (χ4n) is 2.38. The number of amides is 2. The van der Waals surface area contributed by atoms with Gasteiger partial charge in [-0.15, -0.1) is 0 Å². The van der Waals surface area contributed by atoms with Crippen LogP contribution < -0.4 is 15.4 Å². The molecule has 2 amide bonds. The van der Waals surface area contributed by atoms with Crippen LogP contribution in [0.2, 0.25) is 0 Å². The van der Waals surface area contributed by atoms with Crippen molar-refractivity contribution in [3.05, 3.63) is 29.8 Å². The van der Waals surface area contributed by atoms with Gasteiger partial charge in [-0.05, 0) is 24.1 Å². The van der Waals surface area contributed by atoms with E-state index in [0.29, 0.717) is 13.1 Å². The Hall–Kier alpha value is -1.79. The zero-order valence-electron chi connectivity index (χ0n) is 13.1. The second kappa shape index (κ2) is 9.27. The summed E-state index contributed by atoms with van der Waals surface area (Å²) in [5.41, 5.74) is 1.01. The highest BCUT2D eigenvalue weighted by Crippen LogP contribution is 2.11. The van der Waals surface area contributed by atoms with E-state index in [0.717, 1.165) is 50.6 Å². The lowest BCUT2D eigenvalue weighted by Gasteiger charge is -2.19. The number of urea groups is 1. The van der Waals surface area contributed by atoms with Crippen LogP contribution >= 0.6 is 0 Å². The SMILES string of the molecule is COc1cccc(CNC(=O)NCCN2CCCOCC2)c1. The molecule has 2 rings (SSSR count). The van der Waals surface area contributed by atoms with Crippen molar-refractivity contribution in [1.82, 2.24) is 15.5 Å². The molecule has 0 radical (unpaired) electrons. The number of hydrogen-bond donors (Lipinski definition) is 2. The van der Waals surface area contributed by atoms with Gasteiger partial charge >= 0.3 is 6.03 Å². The van der Waals surface area contributed by atoms with Crippen LogP contribution in [0.25, 0.3) is 0 Å².